The van der Waals surface area contributed by atoms with E-state index in [0.29, 0.717) is 38.0 Å². The lowest BCUT2D eigenvalue weighted by Gasteiger charge is -2.27. The van der Waals surface area contributed by atoms with Gasteiger partial charge in [-0.05, 0) is 18.9 Å². The molecule has 0 bridgehead atoms. The molecule has 1 heterocycles. The number of carbonyl (C=O) groups excluding carboxylic acids is 2. The molecule has 140 valence electrons. The van der Waals surface area contributed by atoms with E-state index in [2.05, 4.69) is 0 Å². The Morgan fingerprint density at radius 3 is 2.73 bits per heavy atom. The number of hydrogen-bond donors (Lipinski definition) is 1. The highest BCUT2D eigenvalue weighted by Gasteiger charge is 2.24. The van der Waals surface area contributed by atoms with Crippen LogP contribution in [0.25, 0.3) is 0 Å². The van der Waals surface area contributed by atoms with Gasteiger partial charge in [0, 0.05) is 32.1 Å². The standard InChI is InChI=1S/C20H25NO5/c1-2-25-20(24)17-14-21(13-11-18(17)22)12-7-6-10-19(23)26-15-16-8-4-3-5-9-16/h3-6,8-10,22H,2,7,11-15H2,1H3/b10-6+. The molecule has 6 nitrogen and oxygen atoms in total. The fraction of sp³-hybridized carbons (Fsp3) is 0.400. The van der Waals surface area contributed by atoms with Crippen molar-refractivity contribution in [1.29, 1.82) is 0 Å². The summed E-state index contributed by atoms with van der Waals surface area (Å²) in [4.78, 5) is 25.6. The van der Waals surface area contributed by atoms with Crippen molar-refractivity contribution < 1.29 is 24.2 Å². The van der Waals surface area contributed by atoms with Gasteiger partial charge in [-0.25, -0.2) is 9.59 Å². The zero-order valence-electron chi connectivity index (χ0n) is 15.0. The maximum Gasteiger partial charge on any atom is 0.338 e. The van der Waals surface area contributed by atoms with E-state index in [0.717, 1.165) is 5.56 Å². The number of hydrogen-bond acceptors (Lipinski definition) is 6. The smallest absolute Gasteiger partial charge is 0.338 e. The summed E-state index contributed by atoms with van der Waals surface area (Å²) in [5, 5.41) is 9.86. The number of aliphatic hydroxyl groups is 1. The van der Waals surface area contributed by atoms with E-state index in [1.807, 2.05) is 35.2 Å². The van der Waals surface area contributed by atoms with E-state index in [1.54, 1.807) is 13.0 Å². The lowest BCUT2D eigenvalue weighted by atomic mass is 10.1. The van der Waals surface area contributed by atoms with Gasteiger partial charge in [0.2, 0.25) is 0 Å². The first kappa shape index (κ1) is 19.7. The largest absolute Gasteiger partial charge is 0.512 e. The van der Waals surface area contributed by atoms with E-state index in [1.165, 1.54) is 6.08 Å². The average molecular weight is 359 g/mol. The van der Waals surface area contributed by atoms with Gasteiger partial charge < -0.3 is 14.6 Å². The molecule has 0 unspecified atom stereocenters. The summed E-state index contributed by atoms with van der Waals surface area (Å²) in [7, 11) is 0. The van der Waals surface area contributed by atoms with Gasteiger partial charge in [0.05, 0.1) is 12.2 Å². The Bertz CT molecular complexity index is 666. The third-order valence-corrected chi connectivity index (χ3v) is 4.01. The van der Waals surface area contributed by atoms with Gasteiger partial charge in [-0.2, -0.15) is 0 Å². The van der Waals surface area contributed by atoms with Crippen molar-refractivity contribution in [1.82, 2.24) is 4.90 Å². The molecule has 0 saturated carbocycles. The maximum atomic E-state index is 11.8. The lowest BCUT2D eigenvalue weighted by Crippen LogP contribution is -2.35. The Morgan fingerprint density at radius 1 is 1.23 bits per heavy atom. The van der Waals surface area contributed by atoms with Crippen LogP contribution in [0.3, 0.4) is 0 Å². The van der Waals surface area contributed by atoms with E-state index >= 15 is 0 Å². The first-order valence-corrected chi connectivity index (χ1v) is 8.77. The number of carbonyl (C=O) groups is 2. The summed E-state index contributed by atoms with van der Waals surface area (Å²) in [5.74, 6) is -0.730. The first-order valence-electron chi connectivity index (χ1n) is 8.77. The minimum Gasteiger partial charge on any atom is -0.512 e. The fourth-order valence-electron chi connectivity index (χ4n) is 2.61. The van der Waals surface area contributed by atoms with Gasteiger partial charge in [0.1, 0.15) is 12.4 Å². The second-order valence-corrected chi connectivity index (χ2v) is 5.96. The van der Waals surface area contributed by atoms with Crippen molar-refractivity contribution >= 4 is 11.9 Å². The van der Waals surface area contributed by atoms with Crippen LogP contribution < -0.4 is 0 Å². The van der Waals surface area contributed by atoms with Crippen molar-refractivity contribution in [3.63, 3.8) is 0 Å². The second-order valence-electron chi connectivity index (χ2n) is 5.96. The molecule has 2 rings (SSSR count). The zero-order valence-corrected chi connectivity index (χ0v) is 15.0. The molecule has 1 aromatic rings. The van der Waals surface area contributed by atoms with Crippen LogP contribution in [0.2, 0.25) is 0 Å². The van der Waals surface area contributed by atoms with Crippen LogP contribution in [0.1, 0.15) is 25.3 Å². The lowest BCUT2D eigenvalue weighted by molar-refractivity contribution is -0.140. The monoisotopic (exact) mass is 359 g/mol. The molecule has 0 amide bonds. The molecule has 26 heavy (non-hydrogen) atoms. The predicted molar refractivity (Wildman–Crippen MR) is 97.3 cm³/mol. The highest BCUT2D eigenvalue weighted by molar-refractivity contribution is 5.89. The molecule has 1 aromatic carbocycles. The van der Waals surface area contributed by atoms with Gasteiger partial charge >= 0.3 is 11.9 Å². The third kappa shape index (κ3) is 6.37. The third-order valence-electron chi connectivity index (χ3n) is 4.01. The molecule has 0 aromatic heterocycles. The predicted octanol–water partition coefficient (Wildman–Crippen LogP) is 2.76. The number of nitrogens with zero attached hydrogens (tertiary/aromatic N) is 1. The quantitative estimate of drug-likeness (QED) is 0.568. The molecule has 6 heteroatoms. The average Bonchev–Trinajstić information content (AvgIpc) is 2.65. The van der Waals surface area contributed by atoms with Crippen LogP contribution >= 0.6 is 0 Å². The van der Waals surface area contributed by atoms with Crippen molar-refractivity contribution in [3.8, 4) is 0 Å². The minimum absolute atomic E-state index is 0.111. The summed E-state index contributed by atoms with van der Waals surface area (Å²) >= 11 is 0. The molecule has 1 N–H and O–H groups in total. The summed E-state index contributed by atoms with van der Waals surface area (Å²) < 4.78 is 10.1. The SMILES string of the molecule is CCOC(=O)C1=C(O)CCN(CC/C=C/C(=O)OCc2ccccc2)C1. The minimum atomic E-state index is -0.463. The zero-order chi connectivity index (χ0) is 18.8. The number of aliphatic hydroxyl groups excluding tert-OH is 1. The number of benzene rings is 1. The Kier molecular flexibility index (Phi) is 7.89. The Balaban J connectivity index is 1.71. The number of ether oxygens (including phenoxy) is 2. The molecular weight excluding hydrogens is 334 g/mol. The van der Waals surface area contributed by atoms with E-state index in [4.69, 9.17) is 9.47 Å². The molecule has 0 aliphatic carbocycles. The molecule has 0 radical (unpaired) electrons. The van der Waals surface area contributed by atoms with Crippen molar-refractivity contribution in [3.05, 3.63) is 59.4 Å². The fourth-order valence-corrected chi connectivity index (χ4v) is 2.61. The van der Waals surface area contributed by atoms with Crippen LogP contribution in [0.4, 0.5) is 0 Å². The van der Waals surface area contributed by atoms with Crippen LogP contribution in [-0.2, 0) is 25.7 Å². The van der Waals surface area contributed by atoms with Crippen LogP contribution in [-0.4, -0.2) is 48.2 Å². The van der Waals surface area contributed by atoms with Gasteiger partial charge in [0.25, 0.3) is 0 Å². The van der Waals surface area contributed by atoms with E-state index < -0.39 is 5.97 Å². The Labute approximate surface area is 153 Å². The second kappa shape index (κ2) is 10.4. The topological polar surface area (TPSA) is 76.1 Å². The normalized spacial score (nSPS) is 15.3. The summed E-state index contributed by atoms with van der Waals surface area (Å²) in [6.07, 6.45) is 4.26. The van der Waals surface area contributed by atoms with Gasteiger partial charge in [-0.1, -0.05) is 36.4 Å². The molecule has 1 aliphatic rings. The van der Waals surface area contributed by atoms with Crippen LogP contribution in [0.15, 0.2) is 53.8 Å². The molecular formula is C20H25NO5. The molecule has 0 atom stereocenters. The Morgan fingerprint density at radius 2 is 2.00 bits per heavy atom. The van der Waals surface area contributed by atoms with Crippen LogP contribution in [0.5, 0.6) is 0 Å². The van der Waals surface area contributed by atoms with Crippen LogP contribution in [0, 0.1) is 0 Å². The van der Waals surface area contributed by atoms with Crippen molar-refractivity contribution in [2.75, 3.05) is 26.2 Å². The van der Waals surface area contributed by atoms with Gasteiger partial charge in [-0.15, -0.1) is 0 Å². The van der Waals surface area contributed by atoms with Gasteiger partial charge in [0.15, 0.2) is 0 Å². The molecule has 0 saturated heterocycles. The molecule has 0 spiro atoms. The van der Waals surface area contributed by atoms with Crippen molar-refractivity contribution in [2.24, 2.45) is 0 Å². The number of rotatable bonds is 8. The summed E-state index contributed by atoms with van der Waals surface area (Å²) in [6.45, 7) is 3.97. The molecule has 1 aliphatic heterocycles. The highest BCUT2D eigenvalue weighted by atomic mass is 16.5. The first-order chi connectivity index (χ1) is 12.6. The van der Waals surface area contributed by atoms with E-state index in [9.17, 15) is 14.7 Å². The van der Waals surface area contributed by atoms with Crippen molar-refractivity contribution in [2.45, 2.75) is 26.4 Å². The van der Waals surface area contributed by atoms with Gasteiger partial charge in [-0.3, -0.25) is 4.90 Å². The maximum absolute atomic E-state index is 11.8. The molecule has 0 fully saturated rings. The van der Waals surface area contributed by atoms with E-state index in [-0.39, 0.29) is 24.9 Å². The summed E-state index contributed by atoms with van der Waals surface area (Å²) in [6, 6.07) is 9.51. The Hall–Kier alpha value is -2.60. The summed E-state index contributed by atoms with van der Waals surface area (Å²) in [5.41, 5.74) is 1.27. The highest BCUT2D eigenvalue weighted by Crippen LogP contribution is 2.17. The number of esters is 2.